The standard InChI is InChI=1S/C26H34N4O5/c1-6-7-19-12-22-24(27-13-19)35-23(17(2)14-30(25(22)32)18(3)16-31)15-29(4)26(33)28-20-8-10-21(34-5)11-9-20/h6-13,17-18,23,31H,14-16H2,1-5H3,(H,28,33)/b7-6+/t17-,18+,23-/m0/s1. The highest BCUT2D eigenvalue weighted by Crippen LogP contribution is 2.28. The number of hydrogen-bond acceptors (Lipinski definition) is 6. The van der Waals surface area contributed by atoms with E-state index in [0.717, 1.165) is 5.56 Å². The molecule has 0 aliphatic carbocycles. The summed E-state index contributed by atoms with van der Waals surface area (Å²) in [6.07, 6.45) is 4.95. The lowest BCUT2D eigenvalue weighted by molar-refractivity contribution is 0.0356. The zero-order chi connectivity index (χ0) is 25.5. The number of likely N-dealkylation sites (N-methyl/N-ethyl adjacent to an activating group) is 1. The summed E-state index contributed by atoms with van der Waals surface area (Å²) in [6, 6.07) is 8.15. The molecule has 0 saturated heterocycles. The summed E-state index contributed by atoms with van der Waals surface area (Å²) in [4.78, 5) is 33.8. The minimum absolute atomic E-state index is 0.130. The van der Waals surface area contributed by atoms with E-state index >= 15 is 0 Å². The van der Waals surface area contributed by atoms with Crippen LogP contribution >= 0.6 is 0 Å². The average molecular weight is 483 g/mol. The summed E-state index contributed by atoms with van der Waals surface area (Å²) in [7, 11) is 3.28. The normalized spacial score (nSPS) is 18.8. The molecule has 9 heteroatoms. The molecule has 0 bridgehead atoms. The minimum Gasteiger partial charge on any atom is -0.497 e. The Labute approximate surface area is 206 Å². The summed E-state index contributed by atoms with van der Waals surface area (Å²) >= 11 is 0. The third kappa shape index (κ3) is 6.30. The van der Waals surface area contributed by atoms with Gasteiger partial charge < -0.3 is 29.7 Å². The fraction of sp³-hybridized carbons (Fsp3) is 0.423. The van der Waals surface area contributed by atoms with Crippen LogP contribution in [-0.2, 0) is 0 Å². The van der Waals surface area contributed by atoms with Gasteiger partial charge in [-0.2, -0.15) is 0 Å². The number of rotatable bonds is 7. The number of allylic oxidation sites excluding steroid dienone is 1. The molecule has 3 amide bonds. The molecule has 1 aromatic carbocycles. The van der Waals surface area contributed by atoms with Crippen LogP contribution < -0.4 is 14.8 Å². The number of methoxy groups -OCH3 is 1. The topological polar surface area (TPSA) is 104 Å². The molecule has 1 aliphatic heterocycles. The maximum atomic E-state index is 13.4. The van der Waals surface area contributed by atoms with Gasteiger partial charge in [-0.05, 0) is 49.7 Å². The number of aromatic nitrogens is 1. The number of carbonyl (C=O) groups excluding carboxylic acids is 2. The first-order valence-electron chi connectivity index (χ1n) is 11.6. The average Bonchev–Trinajstić information content (AvgIpc) is 2.86. The third-order valence-corrected chi connectivity index (χ3v) is 6.04. The Morgan fingerprint density at radius 1 is 1.40 bits per heavy atom. The second-order valence-electron chi connectivity index (χ2n) is 8.78. The van der Waals surface area contributed by atoms with Crippen LogP contribution in [0.3, 0.4) is 0 Å². The fourth-order valence-electron chi connectivity index (χ4n) is 3.87. The molecular formula is C26H34N4O5. The van der Waals surface area contributed by atoms with Gasteiger partial charge in [0, 0.05) is 31.4 Å². The van der Waals surface area contributed by atoms with E-state index in [1.807, 2.05) is 26.0 Å². The van der Waals surface area contributed by atoms with E-state index in [9.17, 15) is 14.7 Å². The third-order valence-electron chi connectivity index (χ3n) is 6.04. The predicted molar refractivity (Wildman–Crippen MR) is 135 cm³/mol. The van der Waals surface area contributed by atoms with Crippen LogP contribution in [0.2, 0.25) is 0 Å². The van der Waals surface area contributed by atoms with Gasteiger partial charge in [-0.3, -0.25) is 4.79 Å². The maximum Gasteiger partial charge on any atom is 0.321 e. The van der Waals surface area contributed by atoms with Gasteiger partial charge in [-0.15, -0.1) is 0 Å². The lowest BCUT2D eigenvalue weighted by Crippen LogP contribution is -2.50. The molecule has 9 nitrogen and oxygen atoms in total. The van der Waals surface area contributed by atoms with E-state index in [1.165, 1.54) is 0 Å². The summed E-state index contributed by atoms with van der Waals surface area (Å²) in [5, 5.41) is 12.6. The second kappa shape index (κ2) is 11.7. The number of aliphatic hydroxyl groups is 1. The molecule has 0 saturated carbocycles. The van der Waals surface area contributed by atoms with Crippen molar-refractivity contribution in [2.45, 2.75) is 32.9 Å². The van der Waals surface area contributed by atoms with E-state index in [4.69, 9.17) is 9.47 Å². The molecule has 2 N–H and O–H groups in total. The molecule has 0 unspecified atom stereocenters. The van der Waals surface area contributed by atoms with E-state index in [-0.39, 0.29) is 42.9 Å². The first kappa shape index (κ1) is 26.0. The lowest BCUT2D eigenvalue weighted by Gasteiger charge is -2.37. The largest absolute Gasteiger partial charge is 0.497 e. The zero-order valence-corrected chi connectivity index (χ0v) is 20.9. The molecule has 0 fully saturated rings. The highest BCUT2D eigenvalue weighted by atomic mass is 16.5. The molecule has 1 aliphatic rings. The SMILES string of the molecule is C/C=C/c1cnc2c(c1)C(=O)N([C@H](C)CO)C[C@H](C)[C@H](CN(C)C(=O)Nc1ccc(OC)cc1)O2. The molecular weight excluding hydrogens is 448 g/mol. The van der Waals surface area contributed by atoms with Gasteiger partial charge in [0.1, 0.15) is 17.4 Å². The number of urea groups is 1. The fourth-order valence-corrected chi connectivity index (χ4v) is 3.87. The van der Waals surface area contributed by atoms with Gasteiger partial charge in [-0.25, -0.2) is 9.78 Å². The highest BCUT2D eigenvalue weighted by Gasteiger charge is 2.34. The van der Waals surface area contributed by atoms with Crippen LogP contribution in [0, 0.1) is 5.92 Å². The van der Waals surface area contributed by atoms with Crippen molar-refractivity contribution in [1.29, 1.82) is 0 Å². The quantitative estimate of drug-likeness (QED) is 0.626. The number of benzene rings is 1. The van der Waals surface area contributed by atoms with Crippen molar-refractivity contribution in [2.75, 3.05) is 39.2 Å². The van der Waals surface area contributed by atoms with Crippen LogP contribution in [-0.4, -0.2) is 77.8 Å². The number of amides is 3. The summed E-state index contributed by atoms with van der Waals surface area (Å²) < 4.78 is 11.4. The first-order chi connectivity index (χ1) is 16.8. The highest BCUT2D eigenvalue weighted by molar-refractivity contribution is 5.97. The molecule has 2 aromatic rings. The van der Waals surface area contributed by atoms with Crippen LogP contribution in [0.4, 0.5) is 10.5 Å². The summed E-state index contributed by atoms with van der Waals surface area (Å²) in [6.45, 7) is 6.14. The molecule has 0 spiro atoms. The van der Waals surface area contributed by atoms with Crippen molar-refractivity contribution in [2.24, 2.45) is 5.92 Å². The second-order valence-corrected chi connectivity index (χ2v) is 8.78. The molecule has 35 heavy (non-hydrogen) atoms. The molecule has 3 atom stereocenters. The Morgan fingerprint density at radius 3 is 2.74 bits per heavy atom. The van der Waals surface area contributed by atoms with Crippen LogP contribution in [0.5, 0.6) is 11.6 Å². The van der Waals surface area contributed by atoms with E-state index in [1.54, 1.807) is 67.4 Å². The van der Waals surface area contributed by atoms with Crippen LogP contribution in [0.25, 0.3) is 6.08 Å². The Bertz CT molecular complexity index is 1060. The number of carbonyl (C=O) groups is 2. The first-order valence-corrected chi connectivity index (χ1v) is 11.6. The van der Waals surface area contributed by atoms with Gasteiger partial charge in [0.05, 0.1) is 26.3 Å². The number of ether oxygens (including phenoxy) is 2. The van der Waals surface area contributed by atoms with Gasteiger partial charge >= 0.3 is 6.03 Å². The maximum absolute atomic E-state index is 13.4. The zero-order valence-electron chi connectivity index (χ0n) is 20.9. The minimum atomic E-state index is -0.429. The van der Waals surface area contributed by atoms with Crippen molar-refractivity contribution in [1.82, 2.24) is 14.8 Å². The monoisotopic (exact) mass is 482 g/mol. The van der Waals surface area contributed by atoms with Gasteiger partial charge in [0.25, 0.3) is 5.91 Å². The molecule has 1 aromatic heterocycles. The number of fused-ring (bicyclic) bond motifs is 1. The summed E-state index contributed by atoms with van der Waals surface area (Å²) in [5.74, 6) is 0.553. The lowest BCUT2D eigenvalue weighted by atomic mass is 10.00. The Kier molecular flexibility index (Phi) is 8.70. The Balaban J connectivity index is 1.83. The van der Waals surface area contributed by atoms with Crippen LogP contribution in [0.15, 0.2) is 42.6 Å². The van der Waals surface area contributed by atoms with Gasteiger partial charge in [0.2, 0.25) is 5.88 Å². The van der Waals surface area contributed by atoms with Crippen molar-refractivity contribution in [3.05, 3.63) is 53.7 Å². The number of pyridine rings is 1. The molecule has 0 radical (unpaired) electrons. The molecule has 2 heterocycles. The van der Waals surface area contributed by atoms with E-state index in [2.05, 4.69) is 10.3 Å². The molecule has 3 rings (SSSR count). The van der Waals surface area contributed by atoms with Crippen molar-refractivity contribution in [3.8, 4) is 11.6 Å². The number of nitrogens with zero attached hydrogens (tertiary/aromatic N) is 3. The summed E-state index contributed by atoms with van der Waals surface area (Å²) in [5.41, 5.74) is 1.76. The number of aliphatic hydroxyl groups excluding tert-OH is 1. The number of hydrogen-bond donors (Lipinski definition) is 2. The Hall–Kier alpha value is -3.59. The van der Waals surface area contributed by atoms with Crippen molar-refractivity contribution in [3.63, 3.8) is 0 Å². The van der Waals surface area contributed by atoms with Gasteiger partial charge in [-0.1, -0.05) is 19.1 Å². The number of anilines is 1. The van der Waals surface area contributed by atoms with E-state index < -0.39 is 6.10 Å². The number of nitrogens with one attached hydrogen (secondary N) is 1. The van der Waals surface area contributed by atoms with E-state index in [0.29, 0.717) is 23.5 Å². The Morgan fingerprint density at radius 2 is 2.11 bits per heavy atom. The van der Waals surface area contributed by atoms with Crippen molar-refractivity contribution >= 4 is 23.7 Å². The smallest absolute Gasteiger partial charge is 0.321 e. The molecule has 188 valence electrons. The van der Waals surface area contributed by atoms with Gasteiger partial charge in [0.15, 0.2) is 0 Å². The predicted octanol–water partition coefficient (Wildman–Crippen LogP) is 3.51. The van der Waals surface area contributed by atoms with Crippen molar-refractivity contribution < 1.29 is 24.2 Å². The van der Waals surface area contributed by atoms with Crippen LogP contribution in [0.1, 0.15) is 36.7 Å².